The van der Waals surface area contributed by atoms with Crippen LogP contribution in [0.15, 0.2) is 11.8 Å². The molecule has 16 heavy (non-hydrogen) atoms. The van der Waals surface area contributed by atoms with Crippen LogP contribution in [0.5, 0.6) is 0 Å². The van der Waals surface area contributed by atoms with E-state index in [-0.39, 0.29) is 22.9 Å². The summed E-state index contributed by atoms with van der Waals surface area (Å²) in [5, 5.41) is 11.4. The second-order valence-electron chi connectivity index (χ2n) is 4.95. The first-order valence-corrected chi connectivity index (χ1v) is 5.63. The molecule has 0 aromatic rings. The van der Waals surface area contributed by atoms with E-state index < -0.39 is 5.97 Å². The van der Waals surface area contributed by atoms with Crippen molar-refractivity contribution in [1.29, 1.82) is 0 Å². The molecule has 0 saturated heterocycles. The Labute approximate surface area is 95.7 Å². The molecule has 0 aliphatic heterocycles. The van der Waals surface area contributed by atoms with Crippen molar-refractivity contribution in [2.24, 2.45) is 11.3 Å². The molecule has 90 valence electrons. The van der Waals surface area contributed by atoms with Crippen LogP contribution in [-0.2, 0) is 9.59 Å². The molecule has 0 heterocycles. The fourth-order valence-electron chi connectivity index (χ4n) is 1.62. The monoisotopic (exact) mass is 225 g/mol. The predicted octanol–water partition coefficient (Wildman–Crippen LogP) is 1.92. The van der Waals surface area contributed by atoms with Crippen molar-refractivity contribution in [3.05, 3.63) is 11.8 Å². The molecule has 1 rings (SSSR count). The number of unbranched alkanes of at least 4 members (excludes halogenated alkanes) is 1. The summed E-state index contributed by atoms with van der Waals surface area (Å²) in [6.07, 6.45) is 3.92. The fourth-order valence-corrected chi connectivity index (χ4v) is 1.62. The van der Waals surface area contributed by atoms with E-state index in [9.17, 15) is 9.59 Å². The second kappa shape index (κ2) is 4.68. The molecule has 1 amide bonds. The highest BCUT2D eigenvalue weighted by molar-refractivity contribution is 5.94. The second-order valence-corrected chi connectivity index (χ2v) is 4.95. The summed E-state index contributed by atoms with van der Waals surface area (Å²) < 4.78 is 0. The van der Waals surface area contributed by atoms with Crippen LogP contribution in [-0.4, -0.2) is 17.0 Å². The van der Waals surface area contributed by atoms with Gasteiger partial charge in [-0.2, -0.15) is 0 Å². The van der Waals surface area contributed by atoms with Crippen LogP contribution in [0.1, 0.15) is 40.0 Å². The van der Waals surface area contributed by atoms with Crippen molar-refractivity contribution >= 4 is 11.9 Å². The summed E-state index contributed by atoms with van der Waals surface area (Å²) in [6, 6.07) is 0. The molecule has 1 aliphatic carbocycles. The predicted molar refractivity (Wildman–Crippen MR) is 60.7 cm³/mol. The van der Waals surface area contributed by atoms with Gasteiger partial charge in [-0.25, -0.2) is 4.79 Å². The molecule has 2 N–H and O–H groups in total. The smallest absolute Gasteiger partial charge is 0.352 e. The number of amides is 1. The average molecular weight is 225 g/mol. The minimum absolute atomic E-state index is 0.00884. The van der Waals surface area contributed by atoms with Crippen molar-refractivity contribution in [2.45, 2.75) is 40.0 Å². The van der Waals surface area contributed by atoms with Gasteiger partial charge in [0, 0.05) is 5.92 Å². The number of allylic oxidation sites excluding steroid dienone is 1. The number of carboxylic acid groups (broad SMARTS) is 1. The molecular weight excluding hydrogens is 206 g/mol. The molecule has 0 aromatic carbocycles. The molecule has 0 spiro atoms. The maximum absolute atomic E-state index is 11.7. The molecule has 1 atom stereocenters. The van der Waals surface area contributed by atoms with Crippen molar-refractivity contribution in [1.82, 2.24) is 5.32 Å². The lowest BCUT2D eigenvalue weighted by molar-refractivity contribution is -0.135. The van der Waals surface area contributed by atoms with Gasteiger partial charge in [0.05, 0.1) is 0 Å². The number of carbonyl (C=O) groups is 2. The third kappa shape index (κ3) is 3.08. The third-order valence-electron chi connectivity index (χ3n) is 2.96. The van der Waals surface area contributed by atoms with E-state index in [1.165, 1.54) is 0 Å². The van der Waals surface area contributed by atoms with Gasteiger partial charge < -0.3 is 10.4 Å². The maximum atomic E-state index is 11.7. The van der Waals surface area contributed by atoms with Gasteiger partial charge in [-0.05, 0) is 18.3 Å². The van der Waals surface area contributed by atoms with E-state index in [1.54, 1.807) is 6.08 Å². The third-order valence-corrected chi connectivity index (χ3v) is 2.96. The van der Waals surface area contributed by atoms with E-state index in [1.807, 2.05) is 20.8 Å². The van der Waals surface area contributed by atoms with Crippen LogP contribution in [0.4, 0.5) is 0 Å². The zero-order chi connectivity index (χ0) is 12.3. The first-order valence-electron chi connectivity index (χ1n) is 5.63. The van der Waals surface area contributed by atoms with Crippen molar-refractivity contribution in [2.75, 3.05) is 0 Å². The molecule has 0 radical (unpaired) electrons. The van der Waals surface area contributed by atoms with Gasteiger partial charge in [-0.1, -0.05) is 33.3 Å². The van der Waals surface area contributed by atoms with Gasteiger partial charge in [0.15, 0.2) is 0 Å². The average Bonchev–Trinajstić information content (AvgIpc) is 2.81. The molecule has 4 heteroatoms. The van der Waals surface area contributed by atoms with Gasteiger partial charge in [0.25, 0.3) is 0 Å². The van der Waals surface area contributed by atoms with Crippen molar-refractivity contribution in [3.8, 4) is 0 Å². The summed E-state index contributed by atoms with van der Waals surface area (Å²) in [5.74, 6) is -1.29. The number of carboxylic acids is 1. The van der Waals surface area contributed by atoms with E-state index in [4.69, 9.17) is 5.11 Å². The highest BCUT2D eigenvalue weighted by atomic mass is 16.4. The van der Waals surface area contributed by atoms with E-state index in [0.717, 1.165) is 12.8 Å². The Balaban J connectivity index is 2.56. The lowest BCUT2D eigenvalue weighted by Crippen LogP contribution is -2.29. The van der Waals surface area contributed by atoms with E-state index in [0.29, 0.717) is 6.42 Å². The first-order chi connectivity index (χ1) is 7.38. The summed E-state index contributed by atoms with van der Waals surface area (Å²) in [6.45, 7) is 5.97. The van der Waals surface area contributed by atoms with Crippen molar-refractivity contribution < 1.29 is 14.7 Å². The summed E-state index contributed by atoms with van der Waals surface area (Å²) in [7, 11) is 0. The largest absolute Gasteiger partial charge is 0.477 e. The van der Waals surface area contributed by atoms with Gasteiger partial charge in [-0.3, -0.25) is 4.79 Å². The molecular formula is C12H19NO3. The Hall–Kier alpha value is -1.32. The van der Waals surface area contributed by atoms with Crippen LogP contribution in [0, 0.1) is 11.3 Å². The normalized spacial score (nSPS) is 22.7. The highest BCUT2D eigenvalue weighted by Crippen LogP contribution is 2.51. The lowest BCUT2D eigenvalue weighted by Gasteiger charge is -2.07. The van der Waals surface area contributed by atoms with E-state index in [2.05, 4.69) is 5.32 Å². The molecule has 1 fully saturated rings. The number of hydrogen-bond donors (Lipinski definition) is 2. The Morgan fingerprint density at radius 2 is 2.06 bits per heavy atom. The molecule has 0 bridgehead atoms. The summed E-state index contributed by atoms with van der Waals surface area (Å²) in [4.78, 5) is 22.5. The lowest BCUT2D eigenvalue weighted by atomic mass is 10.1. The molecule has 1 aliphatic rings. The molecule has 0 aromatic heterocycles. The standard InChI is InChI=1S/C12H19NO3/c1-4-5-6-9(11(15)16)13-10(14)8-7-12(8,2)3/h6,8H,4-5,7H2,1-3H3,(H,13,14)(H,15,16)/b9-6-. The van der Waals surface area contributed by atoms with Crippen molar-refractivity contribution in [3.63, 3.8) is 0 Å². The first kappa shape index (κ1) is 12.7. The van der Waals surface area contributed by atoms with Crippen LogP contribution in [0.3, 0.4) is 0 Å². The zero-order valence-electron chi connectivity index (χ0n) is 10.0. The Morgan fingerprint density at radius 1 is 1.50 bits per heavy atom. The number of hydrogen-bond acceptors (Lipinski definition) is 2. The molecule has 1 unspecified atom stereocenters. The minimum Gasteiger partial charge on any atom is -0.477 e. The number of aliphatic carboxylic acids is 1. The van der Waals surface area contributed by atoms with Gasteiger partial charge >= 0.3 is 5.97 Å². The highest BCUT2D eigenvalue weighted by Gasteiger charge is 2.50. The quantitative estimate of drug-likeness (QED) is 0.702. The Morgan fingerprint density at radius 3 is 2.44 bits per heavy atom. The SMILES string of the molecule is CCC/C=C(\NC(=O)C1CC1(C)C)C(=O)O. The van der Waals surface area contributed by atoms with Gasteiger partial charge in [0.1, 0.15) is 5.70 Å². The number of rotatable bonds is 5. The van der Waals surface area contributed by atoms with Gasteiger partial charge in [0.2, 0.25) is 5.91 Å². The van der Waals surface area contributed by atoms with Crippen LogP contribution < -0.4 is 5.32 Å². The van der Waals surface area contributed by atoms with Gasteiger partial charge in [-0.15, -0.1) is 0 Å². The van der Waals surface area contributed by atoms with Crippen LogP contribution in [0.25, 0.3) is 0 Å². The van der Waals surface area contributed by atoms with Crippen LogP contribution >= 0.6 is 0 Å². The molecule has 1 saturated carbocycles. The topological polar surface area (TPSA) is 66.4 Å². The Kier molecular flexibility index (Phi) is 3.73. The number of nitrogens with one attached hydrogen (secondary N) is 1. The zero-order valence-corrected chi connectivity index (χ0v) is 10.0. The maximum Gasteiger partial charge on any atom is 0.352 e. The fraction of sp³-hybridized carbons (Fsp3) is 0.667. The summed E-state index contributed by atoms with van der Waals surface area (Å²) >= 11 is 0. The molecule has 4 nitrogen and oxygen atoms in total. The summed E-state index contributed by atoms with van der Waals surface area (Å²) in [5.41, 5.74) is 0.0351. The number of carbonyl (C=O) groups excluding carboxylic acids is 1. The Bertz CT molecular complexity index is 331. The minimum atomic E-state index is -1.07. The van der Waals surface area contributed by atoms with E-state index >= 15 is 0 Å². The van der Waals surface area contributed by atoms with Crippen LogP contribution in [0.2, 0.25) is 0 Å².